The summed E-state index contributed by atoms with van der Waals surface area (Å²) in [5.74, 6) is 0.660. The molecule has 0 atom stereocenters. The number of nitrogens with zero attached hydrogens (tertiary/aromatic N) is 4. The van der Waals surface area contributed by atoms with E-state index in [4.69, 9.17) is 4.52 Å². The van der Waals surface area contributed by atoms with Gasteiger partial charge < -0.3 is 4.52 Å². The van der Waals surface area contributed by atoms with Gasteiger partial charge in [-0.3, -0.25) is 13.9 Å². The van der Waals surface area contributed by atoms with E-state index in [1.807, 2.05) is 30.3 Å². The summed E-state index contributed by atoms with van der Waals surface area (Å²) in [6, 6.07) is 9.50. The fourth-order valence-corrected chi connectivity index (χ4v) is 3.50. The average Bonchev–Trinajstić information content (AvgIpc) is 2.92. The highest BCUT2D eigenvalue weighted by molar-refractivity contribution is 5.56. The molecule has 1 aliphatic heterocycles. The zero-order valence-corrected chi connectivity index (χ0v) is 14.6. The van der Waals surface area contributed by atoms with Gasteiger partial charge >= 0.3 is 5.69 Å². The molecule has 1 aromatic carbocycles. The molecule has 7 nitrogen and oxygen atoms in total. The Morgan fingerprint density at radius 3 is 2.65 bits per heavy atom. The third kappa shape index (κ3) is 2.89. The smallest absolute Gasteiger partial charge is 0.331 e. The van der Waals surface area contributed by atoms with Crippen LogP contribution in [0.25, 0.3) is 11.4 Å². The van der Waals surface area contributed by atoms with Gasteiger partial charge in [0.2, 0.25) is 11.7 Å². The topological polar surface area (TPSA) is 82.9 Å². The lowest BCUT2D eigenvalue weighted by Gasteiger charge is -2.16. The van der Waals surface area contributed by atoms with Crippen molar-refractivity contribution in [1.82, 2.24) is 19.3 Å². The molecule has 1 aliphatic rings. The average molecular weight is 352 g/mol. The second-order valence-corrected chi connectivity index (χ2v) is 6.58. The van der Waals surface area contributed by atoms with Gasteiger partial charge in [0.15, 0.2) is 0 Å². The summed E-state index contributed by atoms with van der Waals surface area (Å²) in [6.45, 7) is 2.52. The minimum Gasteiger partial charge on any atom is -0.339 e. The van der Waals surface area contributed by atoms with Crippen LogP contribution in [0.5, 0.6) is 0 Å². The summed E-state index contributed by atoms with van der Waals surface area (Å²) in [4.78, 5) is 30.5. The normalized spacial score (nSPS) is 14.0. The van der Waals surface area contributed by atoms with Gasteiger partial charge in [-0.1, -0.05) is 41.9 Å². The van der Waals surface area contributed by atoms with E-state index in [1.54, 1.807) is 11.5 Å². The first-order valence-electron chi connectivity index (χ1n) is 8.86. The minimum atomic E-state index is -0.354. The van der Waals surface area contributed by atoms with E-state index in [9.17, 15) is 9.59 Å². The number of aryl methyl sites for hydroxylation is 1. The van der Waals surface area contributed by atoms with Crippen LogP contribution in [-0.2, 0) is 19.5 Å². The van der Waals surface area contributed by atoms with Crippen LogP contribution in [0.3, 0.4) is 0 Å². The van der Waals surface area contributed by atoms with Crippen molar-refractivity contribution in [2.45, 2.75) is 45.7 Å². The zero-order chi connectivity index (χ0) is 18.1. The van der Waals surface area contributed by atoms with Crippen LogP contribution in [0.1, 0.15) is 36.4 Å². The fraction of sp³-hybridized carbons (Fsp3) is 0.368. The van der Waals surface area contributed by atoms with E-state index in [-0.39, 0.29) is 23.6 Å². The van der Waals surface area contributed by atoms with E-state index in [2.05, 4.69) is 10.1 Å². The van der Waals surface area contributed by atoms with Crippen molar-refractivity contribution in [2.75, 3.05) is 0 Å². The second kappa shape index (κ2) is 6.74. The van der Waals surface area contributed by atoms with Crippen molar-refractivity contribution in [3.05, 3.63) is 68.3 Å². The van der Waals surface area contributed by atoms with E-state index in [0.717, 1.165) is 30.5 Å². The Hall–Kier alpha value is -2.96. The molecule has 0 saturated heterocycles. The summed E-state index contributed by atoms with van der Waals surface area (Å²) in [6.07, 6.45) is 3.55. The van der Waals surface area contributed by atoms with Gasteiger partial charge in [0.1, 0.15) is 5.56 Å². The highest BCUT2D eigenvalue weighted by Crippen LogP contribution is 2.21. The fourth-order valence-electron chi connectivity index (χ4n) is 3.50. The van der Waals surface area contributed by atoms with Crippen LogP contribution in [0.2, 0.25) is 0 Å². The number of hydrogen-bond donors (Lipinski definition) is 0. The Morgan fingerprint density at radius 1 is 1.12 bits per heavy atom. The lowest BCUT2D eigenvalue weighted by molar-refractivity contribution is 0.394. The molecule has 0 aliphatic carbocycles. The highest BCUT2D eigenvalue weighted by Gasteiger charge is 2.24. The van der Waals surface area contributed by atoms with Gasteiger partial charge in [-0.25, -0.2) is 4.79 Å². The zero-order valence-electron chi connectivity index (χ0n) is 14.6. The molecule has 3 heterocycles. The van der Waals surface area contributed by atoms with Crippen LogP contribution in [0, 0.1) is 6.92 Å². The van der Waals surface area contributed by atoms with Crippen molar-refractivity contribution in [3.8, 4) is 11.4 Å². The Kier molecular flexibility index (Phi) is 4.28. The molecule has 0 unspecified atom stereocenters. The lowest BCUT2D eigenvalue weighted by Crippen LogP contribution is -2.42. The predicted octanol–water partition coefficient (Wildman–Crippen LogP) is 2.14. The molecule has 0 amide bonds. The number of fused-ring (bicyclic) bond motifs is 1. The van der Waals surface area contributed by atoms with Crippen LogP contribution in [-0.4, -0.2) is 19.3 Å². The second-order valence-electron chi connectivity index (χ2n) is 6.58. The molecule has 7 heteroatoms. The molecular weight excluding hydrogens is 332 g/mol. The number of benzene rings is 1. The van der Waals surface area contributed by atoms with E-state index >= 15 is 0 Å². The highest BCUT2D eigenvalue weighted by atomic mass is 16.5. The van der Waals surface area contributed by atoms with Crippen LogP contribution in [0.4, 0.5) is 0 Å². The molecule has 2 aromatic heterocycles. The summed E-state index contributed by atoms with van der Waals surface area (Å²) in [5.41, 5.74) is 1.39. The van der Waals surface area contributed by atoms with E-state index < -0.39 is 0 Å². The maximum Gasteiger partial charge on any atom is 0.331 e. The first-order chi connectivity index (χ1) is 12.6. The summed E-state index contributed by atoms with van der Waals surface area (Å²) < 4.78 is 8.09. The van der Waals surface area contributed by atoms with Crippen molar-refractivity contribution in [2.24, 2.45) is 0 Å². The Bertz CT molecular complexity index is 1050. The first kappa shape index (κ1) is 16.5. The van der Waals surface area contributed by atoms with Crippen molar-refractivity contribution >= 4 is 0 Å². The standard InChI is InChI=1S/C19H20N4O3/c1-13-20-17(21-26-13)16-15-10-6-3-7-11-22(15)19(25)23(18(16)24)12-14-8-4-2-5-9-14/h2,4-5,8-9H,3,6-7,10-12H2,1H3. The number of hydrogen-bond acceptors (Lipinski definition) is 5. The Morgan fingerprint density at radius 2 is 1.92 bits per heavy atom. The van der Waals surface area contributed by atoms with Gasteiger partial charge in [0.05, 0.1) is 6.54 Å². The van der Waals surface area contributed by atoms with E-state index in [0.29, 0.717) is 24.4 Å². The first-order valence-corrected chi connectivity index (χ1v) is 8.86. The van der Waals surface area contributed by atoms with Gasteiger partial charge in [0.25, 0.3) is 5.56 Å². The molecule has 3 aromatic rings. The molecule has 0 fully saturated rings. The molecule has 134 valence electrons. The molecule has 0 spiro atoms. The molecule has 0 radical (unpaired) electrons. The van der Waals surface area contributed by atoms with Crippen molar-refractivity contribution in [3.63, 3.8) is 0 Å². The number of rotatable bonds is 3. The summed E-state index contributed by atoms with van der Waals surface area (Å²) in [5, 5.41) is 3.95. The van der Waals surface area contributed by atoms with Gasteiger partial charge in [-0.2, -0.15) is 4.98 Å². The molecule has 0 N–H and O–H groups in total. The van der Waals surface area contributed by atoms with Crippen LogP contribution >= 0.6 is 0 Å². The Balaban J connectivity index is 1.96. The maximum absolute atomic E-state index is 13.2. The largest absolute Gasteiger partial charge is 0.339 e. The van der Waals surface area contributed by atoms with Crippen LogP contribution in [0.15, 0.2) is 44.4 Å². The van der Waals surface area contributed by atoms with Crippen LogP contribution < -0.4 is 11.2 Å². The molecule has 0 saturated carbocycles. The van der Waals surface area contributed by atoms with Gasteiger partial charge in [-0.05, 0) is 24.8 Å². The SMILES string of the molecule is Cc1nc(-c2c3n(c(=O)n(Cc4ccccc4)c2=O)CCCCC3)no1. The molecule has 26 heavy (non-hydrogen) atoms. The minimum absolute atomic E-state index is 0.225. The predicted molar refractivity (Wildman–Crippen MR) is 96.1 cm³/mol. The van der Waals surface area contributed by atoms with Crippen molar-refractivity contribution < 1.29 is 4.52 Å². The molecule has 4 rings (SSSR count). The van der Waals surface area contributed by atoms with Gasteiger partial charge in [0, 0.05) is 19.2 Å². The monoisotopic (exact) mass is 352 g/mol. The molecule has 0 bridgehead atoms. The number of aromatic nitrogens is 4. The lowest BCUT2D eigenvalue weighted by atomic mass is 10.1. The summed E-state index contributed by atoms with van der Waals surface area (Å²) in [7, 11) is 0. The quantitative estimate of drug-likeness (QED) is 0.721. The molecular formula is C19H20N4O3. The van der Waals surface area contributed by atoms with Crippen molar-refractivity contribution in [1.29, 1.82) is 0 Å². The Labute approximate surface area is 149 Å². The van der Waals surface area contributed by atoms with Gasteiger partial charge in [-0.15, -0.1) is 0 Å². The van der Waals surface area contributed by atoms with E-state index in [1.165, 1.54) is 4.57 Å². The maximum atomic E-state index is 13.2. The summed E-state index contributed by atoms with van der Waals surface area (Å²) >= 11 is 0. The third-order valence-electron chi connectivity index (χ3n) is 4.77. The third-order valence-corrected chi connectivity index (χ3v) is 4.77.